The standard InChI is InChI=1S/C18H26N4O2S/c1-12-7-8-16(10-13(12)2)19-17-6-5-9-22(11-17)25(23,24)18-14(3)20-21-15(18)4/h7-8,10,17,19H,5-6,9,11H2,1-4H3,(H,20,21)/t17-/m0/s1. The Hall–Kier alpha value is -1.86. The molecule has 2 aromatic rings. The molecule has 1 saturated heterocycles. The van der Waals surface area contributed by atoms with Gasteiger partial charge in [0.05, 0.1) is 11.4 Å². The molecule has 1 aromatic carbocycles. The van der Waals surface area contributed by atoms with Crippen LogP contribution in [0, 0.1) is 27.7 Å². The number of aromatic amines is 1. The highest BCUT2D eigenvalue weighted by Gasteiger charge is 2.33. The van der Waals surface area contributed by atoms with Gasteiger partial charge in [0.15, 0.2) is 0 Å². The smallest absolute Gasteiger partial charge is 0.246 e. The van der Waals surface area contributed by atoms with E-state index in [1.807, 2.05) is 0 Å². The van der Waals surface area contributed by atoms with Gasteiger partial charge < -0.3 is 5.32 Å². The first-order valence-electron chi connectivity index (χ1n) is 8.64. The van der Waals surface area contributed by atoms with Crippen LogP contribution < -0.4 is 5.32 Å². The average Bonchev–Trinajstić information content (AvgIpc) is 2.91. The number of sulfonamides is 1. The van der Waals surface area contributed by atoms with E-state index in [0.717, 1.165) is 18.5 Å². The van der Waals surface area contributed by atoms with Crippen LogP contribution in [0.15, 0.2) is 23.1 Å². The number of benzene rings is 1. The lowest BCUT2D eigenvalue weighted by molar-refractivity contribution is 0.327. The normalized spacial score (nSPS) is 19.1. The summed E-state index contributed by atoms with van der Waals surface area (Å²) < 4.78 is 27.6. The number of piperidine rings is 1. The molecule has 6 nitrogen and oxygen atoms in total. The minimum Gasteiger partial charge on any atom is -0.381 e. The lowest BCUT2D eigenvalue weighted by Gasteiger charge is -2.33. The summed E-state index contributed by atoms with van der Waals surface area (Å²) in [5.41, 5.74) is 4.66. The van der Waals surface area contributed by atoms with Crippen molar-refractivity contribution in [2.45, 2.75) is 51.5 Å². The lowest BCUT2D eigenvalue weighted by Crippen LogP contribution is -2.45. The topological polar surface area (TPSA) is 78.1 Å². The van der Waals surface area contributed by atoms with Gasteiger partial charge in [-0.05, 0) is 63.8 Å². The maximum Gasteiger partial charge on any atom is 0.246 e. The molecule has 0 bridgehead atoms. The quantitative estimate of drug-likeness (QED) is 0.877. The first kappa shape index (κ1) is 17.9. The van der Waals surface area contributed by atoms with Gasteiger partial charge in [-0.1, -0.05) is 6.07 Å². The third kappa shape index (κ3) is 3.57. The SMILES string of the molecule is Cc1ccc(N[C@H]2CCCN(S(=O)(=O)c3c(C)n[nH]c3C)C2)cc1C. The van der Waals surface area contributed by atoms with Crippen molar-refractivity contribution >= 4 is 15.7 Å². The van der Waals surface area contributed by atoms with E-state index < -0.39 is 10.0 Å². The van der Waals surface area contributed by atoms with Crippen LogP contribution in [0.1, 0.15) is 35.4 Å². The van der Waals surface area contributed by atoms with Crippen molar-refractivity contribution in [3.63, 3.8) is 0 Å². The van der Waals surface area contributed by atoms with Crippen LogP contribution in [-0.4, -0.2) is 42.1 Å². The van der Waals surface area contributed by atoms with Crippen molar-refractivity contribution in [3.05, 3.63) is 40.7 Å². The number of nitrogens with one attached hydrogen (secondary N) is 2. The summed E-state index contributed by atoms with van der Waals surface area (Å²) in [6.07, 6.45) is 1.81. The van der Waals surface area contributed by atoms with Gasteiger partial charge in [0.25, 0.3) is 0 Å². The molecule has 0 saturated carbocycles. The Morgan fingerprint density at radius 3 is 2.60 bits per heavy atom. The molecule has 1 aliphatic rings. The zero-order valence-corrected chi connectivity index (χ0v) is 16.1. The average molecular weight is 362 g/mol. The molecule has 1 atom stereocenters. The number of H-pyrrole nitrogens is 1. The third-order valence-electron chi connectivity index (χ3n) is 4.92. The summed E-state index contributed by atoms with van der Waals surface area (Å²) in [4.78, 5) is 0.319. The highest BCUT2D eigenvalue weighted by atomic mass is 32.2. The van der Waals surface area contributed by atoms with E-state index in [4.69, 9.17) is 0 Å². The van der Waals surface area contributed by atoms with Crippen LogP contribution in [0.2, 0.25) is 0 Å². The molecule has 3 rings (SSSR count). The Labute approximate surface area is 149 Å². The molecule has 136 valence electrons. The summed E-state index contributed by atoms with van der Waals surface area (Å²) in [6.45, 7) is 8.68. The fraction of sp³-hybridized carbons (Fsp3) is 0.500. The van der Waals surface area contributed by atoms with E-state index in [0.29, 0.717) is 29.4 Å². The highest BCUT2D eigenvalue weighted by molar-refractivity contribution is 7.89. The van der Waals surface area contributed by atoms with Crippen molar-refractivity contribution in [2.75, 3.05) is 18.4 Å². The lowest BCUT2D eigenvalue weighted by atomic mass is 10.1. The zero-order valence-electron chi connectivity index (χ0n) is 15.3. The molecule has 25 heavy (non-hydrogen) atoms. The number of rotatable bonds is 4. The Bertz CT molecular complexity index is 854. The van der Waals surface area contributed by atoms with Crippen LogP contribution in [0.25, 0.3) is 0 Å². The van der Waals surface area contributed by atoms with E-state index in [2.05, 4.69) is 47.6 Å². The van der Waals surface area contributed by atoms with Crippen LogP contribution in [-0.2, 0) is 10.0 Å². The summed E-state index contributed by atoms with van der Waals surface area (Å²) >= 11 is 0. The van der Waals surface area contributed by atoms with Crippen LogP contribution in [0.5, 0.6) is 0 Å². The molecular weight excluding hydrogens is 336 g/mol. The van der Waals surface area contributed by atoms with Crippen molar-refractivity contribution in [3.8, 4) is 0 Å². The van der Waals surface area contributed by atoms with Crippen molar-refractivity contribution < 1.29 is 8.42 Å². The second-order valence-corrected chi connectivity index (χ2v) is 8.78. The highest BCUT2D eigenvalue weighted by Crippen LogP contribution is 2.26. The van der Waals surface area contributed by atoms with Gasteiger partial charge in [-0.25, -0.2) is 8.42 Å². The van der Waals surface area contributed by atoms with Crippen LogP contribution >= 0.6 is 0 Å². The zero-order chi connectivity index (χ0) is 18.2. The number of aromatic nitrogens is 2. The Kier molecular flexibility index (Phi) is 4.88. The summed E-state index contributed by atoms with van der Waals surface area (Å²) in [6, 6.07) is 6.37. The summed E-state index contributed by atoms with van der Waals surface area (Å²) in [7, 11) is -3.52. The Morgan fingerprint density at radius 2 is 1.96 bits per heavy atom. The Morgan fingerprint density at radius 1 is 1.20 bits per heavy atom. The Balaban J connectivity index is 1.78. The van der Waals surface area contributed by atoms with Gasteiger partial charge in [-0.15, -0.1) is 0 Å². The first-order chi connectivity index (χ1) is 11.8. The summed E-state index contributed by atoms with van der Waals surface area (Å²) in [5, 5.41) is 10.3. The maximum absolute atomic E-state index is 13.0. The van der Waals surface area contributed by atoms with E-state index in [9.17, 15) is 8.42 Å². The number of nitrogens with zero attached hydrogens (tertiary/aromatic N) is 2. The van der Waals surface area contributed by atoms with E-state index in [1.54, 1.807) is 18.2 Å². The van der Waals surface area contributed by atoms with Crippen molar-refractivity contribution in [1.82, 2.24) is 14.5 Å². The molecule has 0 radical (unpaired) electrons. The number of hydrogen-bond donors (Lipinski definition) is 2. The van der Waals surface area contributed by atoms with Crippen molar-refractivity contribution in [1.29, 1.82) is 0 Å². The molecule has 7 heteroatoms. The molecule has 1 aliphatic heterocycles. The van der Waals surface area contributed by atoms with Crippen molar-refractivity contribution in [2.24, 2.45) is 0 Å². The number of anilines is 1. The molecule has 2 heterocycles. The molecule has 0 spiro atoms. The molecular formula is C18H26N4O2S. The van der Waals surface area contributed by atoms with E-state index >= 15 is 0 Å². The fourth-order valence-electron chi connectivity index (χ4n) is 3.40. The summed E-state index contributed by atoms with van der Waals surface area (Å²) in [5.74, 6) is 0. The predicted molar refractivity (Wildman–Crippen MR) is 99.4 cm³/mol. The second-order valence-electron chi connectivity index (χ2n) is 6.91. The van der Waals surface area contributed by atoms with Gasteiger partial charge >= 0.3 is 0 Å². The van der Waals surface area contributed by atoms with Crippen LogP contribution in [0.3, 0.4) is 0 Å². The molecule has 1 fully saturated rings. The minimum absolute atomic E-state index is 0.109. The third-order valence-corrected chi connectivity index (χ3v) is 7.05. The van der Waals surface area contributed by atoms with Gasteiger partial charge in [-0.3, -0.25) is 5.10 Å². The van der Waals surface area contributed by atoms with Gasteiger partial charge in [0.1, 0.15) is 4.90 Å². The molecule has 2 N–H and O–H groups in total. The second kappa shape index (κ2) is 6.80. The monoisotopic (exact) mass is 362 g/mol. The number of hydrogen-bond acceptors (Lipinski definition) is 4. The molecule has 0 amide bonds. The maximum atomic E-state index is 13.0. The molecule has 0 aliphatic carbocycles. The molecule has 1 aromatic heterocycles. The fourth-order valence-corrected chi connectivity index (χ4v) is 5.25. The minimum atomic E-state index is -3.52. The van der Waals surface area contributed by atoms with Gasteiger partial charge in [0, 0.05) is 24.8 Å². The largest absolute Gasteiger partial charge is 0.381 e. The van der Waals surface area contributed by atoms with Crippen LogP contribution in [0.4, 0.5) is 5.69 Å². The van der Waals surface area contributed by atoms with E-state index in [-0.39, 0.29) is 6.04 Å². The first-order valence-corrected chi connectivity index (χ1v) is 10.1. The molecule has 0 unspecified atom stereocenters. The van der Waals surface area contributed by atoms with Gasteiger partial charge in [-0.2, -0.15) is 9.40 Å². The van der Waals surface area contributed by atoms with Gasteiger partial charge in [0.2, 0.25) is 10.0 Å². The predicted octanol–water partition coefficient (Wildman–Crippen LogP) is 2.91. The van der Waals surface area contributed by atoms with E-state index in [1.165, 1.54) is 11.1 Å². The number of aryl methyl sites for hydroxylation is 4.